The van der Waals surface area contributed by atoms with Crippen molar-refractivity contribution >= 4 is 33.2 Å². The number of benzene rings is 2. The van der Waals surface area contributed by atoms with Crippen molar-refractivity contribution in [1.82, 2.24) is 9.80 Å². The summed E-state index contributed by atoms with van der Waals surface area (Å²) in [5.41, 5.74) is 0.848. The third kappa shape index (κ3) is 5.78. The minimum Gasteiger partial charge on any atom is -0.337 e. The van der Waals surface area contributed by atoms with Crippen LogP contribution in [0.3, 0.4) is 0 Å². The number of sulfonamides is 1. The lowest BCUT2D eigenvalue weighted by Gasteiger charge is -2.34. The first-order chi connectivity index (χ1) is 15.6. The highest BCUT2D eigenvalue weighted by atomic mass is 35.5. The molecule has 33 heavy (non-hydrogen) atoms. The molecule has 1 aliphatic rings. The predicted octanol–water partition coefficient (Wildman–Crippen LogP) is 4.67. The maximum absolute atomic E-state index is 13.6. The quantitative estimate of drug-likeness (QED) is 0.553. The predicted molar refractivity (Wildman–Crippen MR) is 134 cm³/mol. The molecule has 3 rings (SSSR count). The van der Waals surface area contributed by atoms with Gasteiger partial charge in [-0.3, -0.25) is 14.0 Å². The average Bonchev–Trinajstić information content (AvgIpc) is 3.04. The van der Waals surface area contributed by atoms with Gasteiger partial charge in [0.25, 0.3) is 15.9 Å². The van der Waals surface area contributed by atoms with Gasteiger partial charge in [0, 0.05) is 37.3 Å². The number of halogens is 1. The molecule has 1 amide bonds. The number of hydrogen-bond acceptors (Lipinski definition) is 4. The minimum atomic E-state index is -4.02. The van der Waals surface area contributed by atoms with E-state index in [-0.39, 0.29) is 27.9 Å². The van der Waals surface area contributed by atoms with Gasteiger partial charge in [-0.2, -0.15) is 0 Å². The van der Waals surface area contributed by atoms with E-state index in [4.69, 9.17) is 11.6 Å². The van der Waals surface area contributed by atoms with Gasteiger partial charge in [-0.15, -0.1) is 6.58 Å². The van der Waals surface area contributed by atoms with Crippen LogP contribution in [-0.4, -0.2) is 62.4 Å². The van der Waals surface area contributed by atoms with Gasteiger partial charge in [-0.05, 0) is 57.5 Å². The number of carbonyl (C=O) groups is 1. The van der Waals surface area contributed by atoms with E-state index in [0.29, 0.717) is 24.3 Å². The van der Waals surface area contributed by atoms with Crippen LogP contribution in [0.4, 0.5) is 5.69 Å². The summed E-state index contributed by atoms with van der Waals surface area (Å²) >= 11 is 6.34. The Morgan fingerprint density at radius 2 is 1.79 bits per heavy atom. The Morgan fingerprint density at radius 3 is 2.42 bits per heavy atom. The fourth-order valence-corrected chi connectivity index (χ4v) is 5.92. The molecule has 0 saturated carbocycles. The minimum absolute atomic E-state index is 0.0344. The highest BCUT2D eigenvalue weighted by molar-refractivity contribution is 7.93. The van der Waals surface area contributed by atoms with Gasteiger partial charge in [-0.1, -0.05) is 35.9 Å². The van der Waals surface area contributed by atoms with Gasteiger partial charge in [0.2, 0.25) is 0 Å². The Balaban J connectivity index is 1.91. The van der Waals surface area contributed by atoms with Crippen molar-refractivity contribution in [2.45, 2.75) is 37.6 Å². The molecule has 8 heteroatoms. The smallest absolute Gasteiger partial charge is 0.266 e. The second-order valence-electron chi connectivity index (χ2n) is 9.11. The van der Waals surface area contributed by atoms with Crippen LogP contribution in [0.25, 0.3) is 0 Å². The van der Waals surface area contributed by atoms with Gasteiger partial charge >= 0.3 is 0 Å². The van der Waals surface area contributed by atoms with Gasteiger partial charge in [-0.25, -0.2) is 8.42 Å². The first-order valence-electron chi connectivity index (χ1n) is 11.1. The van der Waals surface area contributed by atoms with Gasteiger partial charge in [0.05, 0.1) is 17.3 Å². The van der Waals surface area contributed by atoms with Crippen molar-refractivity contribution in [2.75, 3.05) is 37.0 Å². The zero-order chi connectivity index (χ0) is 24.2. The van der Waals surface area contributed by atoms with E-state index in [1.165, 1.54) is 22.5 Å². The largest absolute Gasteiger partial charge is 0.337 e. The number of rotatable bonds is 6. The molecule has 0 bridgehead atoms. The average molecular weight is 490 g/mol. The standard InChI is InChI=1S/C25H32ClN3O3S/c1-5-14-29(21-10-7-6-8-11-21)33(31,32)23-19-20(12-13-22(23)26)24(30)27-15-9-16-28(18-17-27)25(2,3)4/h5-8,10-13,19H,1,9,14-18H2,2-4H3. The molecule has 1 saturated heterocycles. The molecule has 0 aromatic heterocycles. The van der Waals surface area contributed by atoms with E-state index in [1.807, 2.05) is 6.07 Å². The van der Waals surface area contributed by atoms with E-state index in [9.17, 15) is 13.2 Å². The molecule has 0 atom stereocenters. The molecule has 6 nitrogen and oxygen atoms in total. The van der Waals surface area contributed by atoms with Crippen LogP contribution in [0.15, 0.2) is 66.1 Å². The zero-order valence-corrected chi connectivity index (χ0v) is 21.1. The van der Waals surface area contributed by atoms with Crippen molar-refractivity contribution in [3.63, 3.8) is 0 Å². The Bertz CT molecular complexity index is 1100. The van der Waals surface area contributed by atoms with Crippen LogP contribution in [0.2, 0.25) is 5.02 Å². The number of amides is 1. The maximum Gasteiger partial charge on any atom is 0.266 e. The lowest BCUT2D eigenvalue weighted by molar-refractivity contribution is 0.0749. The third-order valence-corrected chi connectivity index (χ3v) is 8.09. The fraction of sp³-hybridized carbons (Fsp3) is 0.400. The molecule has 1 fully saturated rings. The lowest BCUT2D eigenvalue weighted by Crippen LogP contribution is -2.44. The van der Waals surface area contributed by atoms with Crippen molar-refractivity contribution in [3.05, 3.63) is 71.8 Å². The van der Waals surface area contributed by atoms with Crippen molar-refractivity contribution in [3.8, 4) is 0 Å². The summed E-state index contributed by atoms with van der Waals surface area (Å²) in [5.74, 6) is -0.186. The summed E-state index contributed by atoms with van der Waals surface area (Å²) < 4.78 is 28.4. The number of para-hydroxylation sites is 1. The van der Waals surface area contributed by atoms with Crippen molar-refractivity contribution in [2.24, 2.45) is 0 Å². The normalized spacial score (nSPS) is 15.7. The van der Waals surface area contributed by atoms with E-state index in [0.717, 1.165) is 19.5 Å². The third-order valence-electron chi connectivity index (χ3n) is 5.82. The lowest BCUT2D eigenvalue weighted by atomic mass is 10.1. The maximum atomic E-state index is 13.6. The van der Waals surface area contributed by atoms with Crippen molar-refractivity contribution < 1.29 is 13.2 Å². The number of nitrogens with zero attached hydrogens (tertiary/aromatic N) is 3. The second-order valence-corrected chi connectivity index (χ2v) is 11.3. The summed E-state index contributed by atoms with van der Waals surface area (Å²) in [6, 6.07) is 13.2. The molecule has 2 aromatic carbocycles. The first-order valence-corrected chi connectivity index (χ1v) is 12.9. The summed E-state index contributed by atoms with van der Waals surface area (Å²) in [6.45, 7) is 13.2. The summed E-state index contributed by atoms with van der Waals surface area (Å²) in [4.78, 5) is 17.4. The van der Waals surface area contributed by atoms with Gasteiger partial charge < -0.3 is 4.90 Å². The molecule has 0 spiro atoms. The molecule has 0 radical (unpaired) electrons. The number of carbonyl (C=O) groups excluding carboxylic acids is 1. The van der Waals surface area contributed by atoms with E-state index in [2.05, 4.69) is 32.3 Å². The Kier molecular flexibility index (Phi) is 7.88. The molecule has 0 aliphatic carbocycles. The molecule has 1 heterocycles. The van der Waals surface area contributed by atoms with Gasteiger partial charge in [0.1, 0.15) is 4.90 Å². The Morgan fingerprint density at radius 1 is 1.09 bits per heavy atom. The highest BCUT2D eigenvalue weighted by Gasteiger charge is 2.30. The van der Waals surface area contributed by atoms with Gasteiger partial charge in [0.15, 0.2) is 0 Å². The van der Waals surface area contributed by atoms with Crippen LogP contribution < -0.4 is 4.31 Å². The fourth-order valence-electron chi connectivity index (χ4n) is 3.98. The number of anilines is 1. The van der Waals surface area contributed by atoms with Crippen molar-refractivity contribution in [1.29, 1.82) is 0 Å². The summed E-state index contributed by atoms with van der Waals surface area (Å²) in [7, 11) is -4.02. The zero-order valence-electron chi connectivity index (χ0n) is 19.5. The van der Waals surface area contributed by atoms with Crippen LogP contribution in [-0.2, 0) is 10.0 Å². The van der Waals surface area contributed by atoms with E-state index in [1.54, 1.807) is 35.2 Å². The van der Waals surface area contributed by atoms with Crippen LogP contribution >= 0.6 is 11.6 Å². The first kappa shape index (κ1) is 25.3. The summed E-state index contributed by atoms with van der Waals surface area (Å²) in [5, 5.41) is 0.0753. The molecule has 178 valence electrons. The topological polar surface area (TPSA) is 60.9 Å². The Labute approximate surface area is 202 Å². The van der Waals surface area contributed by atoms with Crippen LogP contribution in [0.5, 0.6) is 0 Å². The van der Waals surface area contributed by atoms with Crippen LogP contribution in [0.1, 0.15) is 37.6 Å². The molecular weight excluding hydrogens is 458 g/mol. The Hall–Kier alpha value is -2.35. The molecule has 2 aromatic rings. The van der Waals surface area contributed by atoms with E-state index >= 15 is 0 Å². The number of hydrogen-bond donors (Lipinski definition) is 0. The molecule has 0 unspecified atom stereocenters. The summed E-state index contributed by atoms with van der Waals surface area (Å²) in [6.07, 6.45) is 2.38. The second kappa shape index (κ2) is 10.3. The van der Waals surface area contributed by atoms with Crippen LogP contribution in [0, 0.1) is 0 Å². The molecule has 1 aliphatic heterocycles. The highest BCUT2D eigenvalue weighted by Crippen LogP contribution is 2.30. The molecular formula is C25H32ClN3O3S. The molecule has 0 N–H and O–H groups in total. The van der Waals surface area contributed by atoms with E-state index < -0.39 is 10.0 Å². The monoisotopic (exact) mass is 489 g/mol. The SMILES string of the molecule is C=CCN(c1ccccc1)S(=O)(=O)c1cc(C(=O)N2CCCN(C(C)(C)C)CC2)ccc1Cl.